The summed E-state index contributed by atoms with van der Waals surface area (Å²) < 4.78 is 7.63. The van der Waals surface area contributed by atoms with E-state index in [9.17, 15) is 28.8 Å². The van der Waals surface area contributed by atoms with Crippen LogP contribution in [0.4, 0.5) is 10.7 Å². The van der Waals surface area contributed by atoms with Gasteiger partial charge in [-0.05, 0) is 93.9 Å². The second-order valence-electron chi connectivity index (χ2n) is 17.5. The third kappa shape index (κ3) is 11.9. The van der Waals surface area contributed by atoms with Crippen molar-refractivity contribution in [2.75, 3.05) is 31.5 Å². The van der Waals surface area contributed by atoms with E-state index in [1.54, 1.807) is 11.1 Å². The van der Waals surface area contributed by atoms with Gasteiger partial charge < -0.3 is 30.9 Å². The van der Waals surface area contributed by atoms with E-state index in [-0.39, 0.29) is 68.4 Å². The number of benzene rings is 1. The summed E-state index contributed by atoms with van der Waals surface area (Å²) in [4.78, 5) is 90.0. The molecule has 0 spiro atoms. The fraction of sp³-hybridized carbons (Fsp3) is 0.500. The number of hydrogen-bond donors (Lipinski definition) is 5. The molecule has 20 heteroatoms. The lowest BCUT2D eigenvalue weighted by atomic mass is 9.90. The predicted octanol–water partition coefficient (Wildman–Crippen LogP) is 4.47. The van der Waals surface area contributed by atoms with Crippen LogP contribution >= 0.6 is 22.9 Å². The van der Waals surface area contributed by atoms with Gasteiger partial charge in [0.1, 0.15) is 19.2 Å². The number of carbonyl (C=O) groups excluding carboxylic acids is 6. The number of aryl methyl sites for hydroxylation is 1. The summed E-state index contributed by atoms with van der Waals surface area (Å²) in [5.74, 6) is -0.314. The zero-order valence-corrected chi connectivity index (χ0v) is 38.6. The highest BCUT2D eigenvalue weighted by Gasteiger charge is 2.40. The molecule has 5 N–H and O–H groups in total. The van der Waals surface area contributed by atoms with Crippen LogP contribution < -0.4 is 26.6 Å². The number of fused-ring (bicyclic) bond motifs is 1. The Hall–Kier alpha value is -5.92. The van der Waals surface area contributed by atoms with Crippen molar-refractivity contribution in [2.24, 2.45) is 13.0 Å². The van der Waals surface area contributed by atoms with Crippen LogP contribution in [0.3, 0.4) is 0 Å². The predicted molar refractivity (Wildman–Crippen MR) is 246 cm³/mol. The number of piperidine rings is 1. The van der Waals surface area contributed by atoms with Gasteiger partial charge in [-0.15, -0.1) is 11.3 Å². The molecule has 2 aliphatic carbocycles. The van der Waals surface area contributed by atoms with Crippen LogP contribution in [0, 0.1) is 5.92 Å². The van der Waals surface area contributed by atoms with Gasteiger partial charge in [-0.3, -0.25) is 38.9 Å². The third-order valence-electron chi connectivity index (χ3n) is 12.6. The number of unbranched alkanes of at least 4 members (excludes halogenated alkanes) is 1. The number of carbonyl (C=O) groups is 6. The Labute approximate surface area is 392 Å². The first-order valence-corrected chi connectivity index (χ1v) is 24.0. The molecule has 5 heterocycles. The highest BCUT2D eigenvalue weighted by molar-refractivity contribution is 7.14. The smallest absolute Gasteiger partial charge is 0.410 e. The SMILES string of the molecule is Cn1ncc(-c2nc(NC3CCC(N(CC(=O)NCCCCNCC(=O)NCc4cc5c(s4)C(=O)N(C4CCC(=O)NC4=O)C5)C(=O)OCc4ccccc4)CC3)ncc2Cl)c1CC1CC1. The van der Waals surface area contributed by atoms with Gasteiger partial charge in [0.15, 0.2) is 0 Å². The summed E-state index contributed by atoms with van der Waals surface area (Å²) >= 11 is 7.92. The Morgan fingerprint density at radius 1 is 0.970 bits per heavy atom. The Morgan fingerprint density at radius 3 is 2.52 bits per heavy atom. The zero-order valence-electron chi connectivity index (χ0n) is 37.0. The monoisotopic (exact) mass is 941 g/mol. The maximum absolute atomic E-state index is 13.6. The molecule has 6 amide bonds. The maximum Gasteiger partial charge on any atom is 0.410 e. The van der Waals surface area contributed by atoms with Crippen LogP contribution in [0.25, 0.3) is 11.3 Å². The van der Waals surface area contributed by atoms with Crippen LogP contribution in [-0.4, -0.2) is 109 Å². The largest absolute Gasteiger partial charge is 0.445 e. The molecule has 66 heavy (non-hydrogen) atoms. The average molecular weight is 943 g/mol. The van der Waals surface area contributed by atoms with Gasteiger partial charge in [-0.25, -0.2) is 14.8 Å². The number of ether oxygens (including phenoxy) is 1. The van der Waals surface area contributed by atoms with Crippen molar-refractivity contribution in [3.8, 4) is 11.3 Å². The molecule has 1 unspecified atom stereocenters. The third-order valence-corrected chi connectivity index (χ3v) is 14.0. The molecule has 350 valence electrons. The van der Waals surface area contributed by atoms with Gasteiger partial charge in [-0.1, -0.05) is 41.9 Å². The number of nitrogens with zero attached hydrogens (tertiary/aromatic N) is 6. The van der Waals surface area contributed by atoms with Crippen molar-refractivity contribution in [2.45, 2.75) is 108 Å². The molecule has 4 aliphatic rings. The Kier molecular flexibility index (Phi) is 15.2. The molecule has 4 aromatic rings. The van der Waals surface area contributed by atoms with Gasteiger partial charge >= 0.3 is 6.09 Å². The van der Waals surface area contributed by atoms with Crippen LogP contribution in [0.15, 0.2) is 48.8 Å². The van der Waals surface area contributed by atoms with Crippen LogP contribution in [-0.2, 0) is 57.1 Å². The van der Waals surface area contributed by atoms with Crippen molar-refractivity contribution in [1.29, 1.82) is 0 Å². The van der Waals surface area contributed by atoms with Gasteiger partial charge in [-0.2, -0.15) is 5.10 Å². The van der Waals surface area contributed by atoms with Crippen molar-refractivity contribution in [1.82, 2.24) is 50.8 Å². The summed E-state index contributed by atoms with van der Waals surface area (Å²) in [6, 6.07) is 10.5. The van der Waals surface area contributed by atoms with Crippen molar-refractivity contribution >= 4 is 64.5 Å². The fourth-order valence-corrected chi connectivity index (χ4v) is 9.99. The number of anilines is 1. The van der Waals surface area contributed by atoms with Crippen molar-refractivity contribution in [3.05, 3.63) is 80.4 Å². The lowest BCUT2D eigenvalue weighted by Crippen LogP contribution is -2.52. The number of halogens is 1. The number of amides is 6. The van der Waals surface area contributed by atoms with Gasteiger partial charge in [0.25, 0.3) is 5.91 Å². The lowest BCUT2D eigenvalue weighted by Gasteiger charge is -2.36. The van der Waals surface area contributed by atoms with E-state index in [1.165, 1.54) is 29.1 Å². The fourth-order valence-electron chi connectivity index (χ4n) is 8.74. The summed E-state index contributed by atoms with van der Waals surface area (Å²) in [6.45, 7) is 1.61. The number of thiophene rings is 1. The van der Waals surface area contributed by atoms with Crippen LogP contribution in [0.1, 0.15) is 95.6 Å². The molecule has 1 atom stereocenters. The van der Waals surface area contributed by atoms with Gasteiger partial charge in [0.05, 0.1) is 41.1 Å². The Morgan fingerprint density at radius 2 is 1.76 bits per heavy atom. The zero-order chi connectivity index (χ0) is 46.2. The minimum absolute atomic E-state index is 0.0567. The second-order valence-corrected chi connectivity index (χ2v) is 19.0. The van der Waals surface area contributed by atoms with Crippen molar-refractivity contribution < 1.29 is 33.5 Å². The number of aromatic nitrogens is 4. The summed E-state index contributed by atoms with van der Waals surface area (Å²) in [5, 5.41) is 19.7. The van der Waals surface area contributed by atoms with E-state index in [4.69, 9.17) is 21.3 Å². The summed E-state index contributed by atoms with van der Waals surface area (Å²) in [6.07, 6.45) is 10.9. The Bertz CT molecular complexity index is 2420. The van der Waals surface area contributed by atoms with Gasteiger partial charge in [0, 0.05) is 54.8 Å². The minimum atomic E-state index is -0.658. The first-order valence-electron chi connectivity index (χ1n) is 22.8. The van der Waals surface area contributed by atoms with Gasteiger partial charge in [0.2, 0.25) is 29.6 Å². The Balaban J connectivity index is 0.750. The minimum Gasteiger partial charge on any atom is -0.445 e. The molecule has 1 aromatic carbocycles. The molecule has 2 saturated carbocycles. The van der Waals surface area contributed by atoms with E-state index >= 15 is 0 Å². The normalized spacial score (nSPS) is 19.3. The van der Waals surface area contributed by atoms with E-state index < -0.39 is 18.0 Å². The number of rotatable bonds is 20. The molecule has 2 aliphatic heterocycles. The molecular formula is C46H56ClN11O7S. The average Bonchev–Trinajstić information content (AvgIpc) is 3.83. The first-order chi connectivity index (χ1) is 32.0. The van der Waals surface area contributed by atoms with Crippen molar-refractivity contribution in [3.63, 3.8) is 0 Å². The molecule has 0 bridgehead atoms. The lowest BCUT2D eigenvalue weighted by molar-refractivity contribution is -0.137. The number of imide groups is 1. The van der Waals surface area contributed by atoms with E-state index in [2.05, 4.69) is 36.7 Å². The van der Waals surface area contributed by atoms with Crippen LogP contribution in [0.5, 0.6) is 0 Å². The molecule has 8 rings (SSSR count). The highest BCUT2D eigenvalue weighted by Crippen LogP contribution is 2.37. The molecule has 3 aromatic heterocycles. The molecular weight excluding hydrogens is 886 g/mol. The summed E-state index contributed by atoms with van der Waals surface area (Å²) in [5.41, 5.74) is 4.36. The number of nitrogens with one attached hydrogen (secondary N) is 5. The molecule has 0 radical (unpaired) electrons. The van der Waals surface area contributed by atoms with E-state index in [0.717, 1.165) is 46.5 Å². The second kappa shape index (κ2) is 21.6. The number of hydrogen-bond acceptors (Lipinski definition) is 13. The molecule has 1 saturated heterocycles. The maximum atomic E-state index is 13.6. The van der Waals surface area contributed by atoms with E-state index in [0.29, 0.717) is 79.2 Å². The van der Waals surface area contributed by atoms with E-state index in [1.807, 2.05) is 54.3 Å². The standard InChI is InChI=1S/C46H56ClN11O7S/c1-56-37(19-28-9-10-28)34(22-52-56)41-35(47)23-51-45(55-41)53-31-11-13-32(14-12-31)57(46(64)65-27-29-7-3-2-4-8-29)26-40(61)49-18-6-5-17-48-24-39(60)50-21-33-20-30-25-58(44(63)42(30)66-33)36-15-16-38(59)54-43(36)62/h2-4,7-8,20,22-23,28,31-32,36,48H,5-6,9-19,21,24-27H2,1H3,(H,49,61)(H,50,60)(H,51,53,55)(H,54,59,62). The molecule has 3 fully saturated rings. The highest BCUT2D eigenvalue weighted by atomic mass is 35.5. The van der Waals surface area contributed by atoms with Crippen LogP contribution in [0.2, 0.25) is 5.02 Å². The first kappa shape index (κ1) is 46.6. The quantitative estimate of drug-likeness (QED) is 0.0612. The molecule has 18 nitrogen and oxygen atoms in total. The summed E-state index contributed by atoms with van der Waals surface area (Å²) in [7, 11) is 1.94. The topological polar surface area (TPSA) is 222 Å².